The van der Waals surface area contributed by atoms with Gasteiger partial charge >= 0.3 is 5.97 Å². The second-order valence-corrected chi connectivity index (χ2v) is 4.71. The first-order valence-corrected chi connectivity index (χ1v) is 6.41. The molecule has 20 heavy (non-hydrogen) atoms. The second-order valence-electron chi connectivity index (χ2n) is 4.71. The lowest BCUT2D eigenvalue weighted by molar-refractivity contribution is 0.0528. The van der Waals surface area contributed by atoms with E-state index in [1.807, 2.05) is 19.9 Å². The Morgan fingerprint density at radius 2 is 2.10 bits per heavy atom. The molecule has 0 bridgehead atoms. The summed E-state index contributed by atoms with van der Waals surface area (Å²) in [6.45, 7) is 6.10. The fourth-order valence-electron chi connectivity index (χ4n) is 2.48. The minimum Gasteiger partial charge on any atom is -0.462 e. The van der Waals surface area contributed by atoms with E-state index >= 15 is 0 Å². The Morgan fingerprint density at radius 1 is 1.30 bits per heavy atom. The molecule has 0 spiro atoms. The van der Waals surface area contributed by atoms with Crippen molar-refractivity contribution in [2.75, 3.05) is 6.61 Å². The standard InChI is InChI=1S/C14H14N4O2/c1-4-20-14(19)11-7-10-6-8(2)5-9(3)12(10)18-13(11)15-16-17-18/h5-7H,4H2,1-3H3. The summed E-state index contributed by atoms with van der Waals surface area (Å²) in [7, 11) is 0. The number of aromatic nitrogens is 4. The number of hydrogen-bond donors (Lipinski definition) is 0. The molecule has 0 atom stereocenters. The topological polar surface area (TPSA) is 69.4 Å². The molecule has 0 saturated heterocycles. The van der Waals surface area contributed by atoms with E-state index < -0.39 is 5.97 Å². The molecule has 3 aromatic rings. The highest BCUT2D eigenvalue weighted by molar-refractivity contribution is 6.01. The zero-order valence-electron chi connectivity index (χ0n) is 11.5. The van der Waals surface area contributed by atoms with Gasteiger partial charge in [0.15, 0.2) is 5.65 Å². The summed E-state index contributed by atoms with van der Waals surface area (Å²) in [4.78, 5) is 12.0. The third-order valence-corrected chi connectivity index (χ3v) is 3.19. The third kappa shape index (κ3) is 1.80. The van der Waals surface area contributed by atoms with Crippen molar-refractivity contribution in [2.24, 2.45) is 0 Å². The number of ether oxygens (including phenoxy) is 1. The second kappa shape index (κ2) is 4.56. The lowest BCUT2D eigenvalue weighted by atomic mass is 10.0. The van der Waals surface area contributed by atoms with Gasteiger partial charge in [0.2, 0.25) is 0 Å². The molecule has 6 nitrogen and oxygen atoms in total. The van der Waals surface area contributed by atoms with Gasteiger partial charge in [0.1, 0.15) is 5.56 Å². The van der Waals surface area contributed by atoms with Crippen LogP contribution in [0.25, 0.3) is 16.6 Å². The molecule has 2 aromatic heterocycles. The highest BCUT2D eigenvalue weighted by atomic mass is 16.5. The fraction of sp³-hybridized carbons (Fsp3) is 0.286. The normalized spacial score (nSPS) is 11.2. The zero-order chi connectivity index (χ0) is 14.3. The quantitative estimate of drug-likeness (QED) is 0.667. The van der Waals surface area contributed by atoms with Crippen LogP contribution in [-0.2, 0) is 4.74 Å². The number of tetrazole rings is 1. The molecule has 0 aliphatic carbocycles. The lowest BCUT2D eigenvalue weighted by Gasteiger charge is -2.09. The van der Waals surface area contributed by atoms with E-state index in [1.165, 1.54) is 0 Å². The number of carbonyl (C=O) groups is 1. The average Bonchev–Trinajstić information content (AvgIpc) is 2.85. The fourth-order valence-corrected chi connectivity index (χ4v) is 2.48. The van der Waals surface area contributed by atoms with E-state index in [0.717, 1.165) is 22.0 Å². The van der Waals surface area contributed by atoms with Crippen molar-refractivity contribution in [2.45, 2.75) is 20.8 Å². The molecule has 0 aliphatic rings. The Labute approximate surface area is 115 Å². The molecule has 0 saturated carbocycles. The molecule has 0 unspecified atom stereocenters. The van der Waals surface area contributed by atoms with Gasteiger partial charge in [-0.15, -0.1) is 5.10 Å². The Kier molecular flexibility index (Phi) is 2.85. The number of rotatable bonds is 2. The van der Waals surface area contributed by atoms with Crippen molar-refractivity contribution in [1.29, 1.82) is 0 Å². The van der Waals surface area contributed by atoms with Crippen LogP contribution in [0.3, 0.4) is 0 Å². The van der Waals surface area contributed by atoms with Gasteiger partial charge < -0.3 is 4.74 Å². The van der Waals surface area contributed by atoms with Crippen LogP contribution in [0.1, 0.15) is 28.4 Å². The van der Waals surface area contributed by atoms with Crippen LogP contribution in [0.5, 0.6) is 0 Å². The molecule has 0 amide bonds. The van der Waals surface area contributed by atoms with Crippen molar-refractivity contribution in [1.82, 2.24) is 20.0 Å². The lowest BCUT2D eigenvalue weighted by Crippen LogP contribution is -2.08. The molecular weight excluding hydrogens is 256 g/mol. The molecule has 102 valence electrons. The van der Waals surface area contributed by atoms with Crippen LogP contribution in [0, 0.1) is 13.8 Å². The molecule has 0 N–H and O–H groups in total. The maximum atomic E-state index is 12.0. The van der Waals surface area contributed by atoms with E-state index in [0.29, 0.717) is 17.8 Å². The minimum absolute atomic E-state index is 0.317. The molecule has 2 heterocycles. The number of benzene rings is 1. The number of hydrogen-bond acceptors (Lipinski definition) is 5. The summed E-state index contributed by atoms with van der Waals surface area (Å²) in [6.07, 6.45) is 0. The van der Waals surface area contributed by atoms with E-state index in [9.17, 15) is 4.79 Å². The summed E-state index contributed by atoms with van der Waals surface area (Å²) in [5.41, 5.74) is 3.89. The van der Waals surface area contributed by atoms with Crippen molar-refractivity contribution in [3.63, 3.8) is 0 Å². The number of fused-ring (bicyclic) bond motifs is 3. The van der Waals surface area contributed by atoms with Gasteiger partial charge in [-0.1, -0.05) is 11.6 Å². The third-order valence-electron chi connectivity index (χ3n) is 3.19. The van der Waals surface area contributed by atoms with Gasteiger partial charge in [-0.3, -0.25) is 0 Å². The van der Waals surface area contributed by atoms with Crippen LogP contribution >= 0.6 is 0 Å². The Morgan fingerprint density at radius 3 is 2.85 bits per heavy atom. The summed E-state index contributed by atoms with van der Waals surface area (Å²) in [6, 6.07) is 5.86. The molecule has 1 aromatic carbocycles. The van der Waals surface area contributed by atoms with Gasteiger partial charge in [0, 0.05) is 5.39 Å². The molecule has 0 aliphatic heterocycles. The van der Waals surface area contributed by atoms with Gasteiger partial charge in [0.05, 0.1) is 12.1 Å². The van der Waals surface area contributed by atoms with E-state index in [-0.39, 0.29) is 0 Å². The van der Waals surface area contributed by atoms with Crippen LogP contribution in [-0.4, -0.2) is 32.6 Å². The molecule has 0 radical (unpaired) electrons. The highest BCUT2D eigenvalue weighted by Crippen LogP contribution is 2.24. The number of carbonyl (C=O) groups excluding carboxylic acids is 1. The average molecular weight is 270 g/mol. The Hall–Kier alpha value is -2.50. The zero-order valence-corrected chi connectivity index (χ0v) is 11.5. The van der Waals surface area contributed by atoms with Crippen molar-refractivity contribution >= 4 is 22.5 Å². The maximum absolute atomic E-state index is 12.0. The highest BCUT2D eigenvalue weighted by Gasteiger charge is 2.18. The predicted molar refractivity (Wildman–Crippen MR) is 73.7 cm³/mol. The SMILES string of the molecule is CCOC(=O)c1cc2cc(C)cc(C)c2n2nnnc12. The van der Waals surface area contributed by atoms with Gasteiger partial charge in [-0.2, -0.15) is 4.52 Å². The van der Waals surface area contributed by atoms with Crippen molar-refractivity contribution in [3.05, 3.63) is 34.9 Å². The predicted octanol–water partition coefficient (Wildman–Crippen LogP) is 2.07. The van der Waals surface area contributed by atoms with E-state index in [2.05, 4.69) is 21.6 Å². The van der Waals surface area contributed by atoms with Gasteiger partial charge in [-0.25, -0.2) is 4.79 Å². The van der Waals surface area contributed by atoms with Crippen molar-refractivity contribution in [3.8, 4) is 0 Å². The van der Waals surface area contributed by atoms with E-state index in [4.69, 9.17) is 4.74 Å². The molecule has 0 fully saturated rings. The van der Waals surface area contributed by atoms with Gasteiger partial charge in [-0.05, 0) is 48.9 Å². The van der Waals surface area contributed by atoms with Crippen molar-refractivity contribution < 1.29 is 9.53 Å². The van der Waals surface area contributed by atoms with Crippen LogP contribution in [0.2, 0.25) is 0 Å². The first-order chi connectivity index (χ1) is 9.61. The van der Waals surface area contributed by atoms with Gasteiger partial charge in [0.25, 0.3) is 0 Å². The largest absolute Gasteiger partial charge is 0.462 e. The summed E-state index contributed by atoms with van der Waals surface area (Å²) < 4.78 is 6.66. The van der Waals surface area contributed by atoms with Crippen LogP contribution < -0.4 is 0 Å². The van der Waals surface area contributed by atoms with Crippen LogP contribution in [0.4, 0.5) is 0 Å². The molecular formula is C14H14N4O2. The monoisotopic (exact) mass is 270 g/mol. The Balaban J connectivity index is 2.41. The Bertz CT molecular complexity index is 823. The minimum atomic E-state index is -0.409. The smallest absolute Gasteiger partial charge is 0.342 e. The molecule has 6 heteroatoms. The van der Waals surface area contributed by atoms with Crippen LogP contribution in [0.15, 0.2) is 18.2 Å². The van der Waals surface area contributed by atoms with E-state index in [1.54, 1.807) is 17.5 Å². The first-order valence-electron chi connectivity index (χ1n) is 6.41. The number of aryl methyl sites for hydroxylation is 2. The summed E-state index contributed by atoms with van der Waals surface area (Å²) in [5, 5.41) is 12.5. The summed E-state index contributed by atoms with van der Waals surface area (Å²) >= 11 is 0. The number of esters is 1. The number of pyridine rings is 1. The number of nitrogens with zero attached hydrogens (tertiary/aromatic N) is 4. The molecule has 3 rings (SSSR count). The first kappa shape index (κ1) is 12.5. The summed E-state index contributed by atoms with van der Waals surface area (Å²) in [5.74, 6) is -0.409. The maximum Gasteiger partial charge on any atom is 0.342 e.